The van der Waals surface area contributed by atoms with E-state index >= 15 is 0 Å². The van der Waals surface area contributed by atoms with Gasteiger partial charge in [0.1, 0.15) is 0 Å². The molecule has 0 aromatic rings. The van der Waals surface area contributed by atoms with Crippen molar-refractivity contribution in [1.29, 1.82) is 0 Å². The molecule has 0 atom stereocenters. The highest BCUT2D eigenvalue weighted by molar-refractivity contribution is 4.97. The summed E-state index contributed by atoms with van der Waals surface area (Å²) < 4.78 is 1.20. The summed E-state index contributed by atoms with van der Waals surface area (Å²) in [6, 6.07) is 0. The largest absolute Gasteiger partial charge is 0.328 e. The maximum absolute atomic E-state index is 2.51. The molecule has 1 nitrogen and oxygen atoms in total. The molecular weight excluding hydrogens is 194 g/mol. The molecule has 1 rings (SSSR count). The first kappa shape index (κ1) is 14.0. The summed E-state index contributed by atoms with van der Waals surface area (Å²) in [6.45, 7) is 17.3. The minimum atomic E-state index is 0.385. The predicted octanol–water partition coefficient (Wildman–Crippen LogP) is 3.94. The second kappa shape index (κ2) is 3.73. The maximum atomic E-state index is 2.51. The molecule has 0 unspecified atom stereocenters. The topological polar surface area (TPSA) is 0 Å². The van der Waals surface area contributed by atoms with Crippen LogP contribution in [0.3, 0.4) is 0 Å². The zero-order valence-corrected chi connectivity index (χ0v) is 12.8. The number of piperidine rings is 1. The highest BCUT2D eigenvalue weighted by Gasteiger charge is 2.50. The molecule has 0 spiro atoms. The van der Waals surface area contributed by atoms with Crippen molar-refractivity contribution in [3.63, 3.8) is 0 Å². The average molecular weight is 226 g/mol. The van der Waals surface area contributed by atoms with Crippen molar-refractivity contribution in [3.8, 4) is 0 Å². The first-order valence-corrected chi connectivity index (χ1v) is 6.73. The average Bonchev–Trinajstić information content (AvgIpc) is 2.08. The predicted molar refractivity (Wildman–Crippen MR) is 72.4 cm³/mol. The van der Waals surface area contributed by atoms with Crippen molar-refractivity contribution in [2.75, 3.05) is 27.2 Å². The molecule has 0 amide bonds. The van der Waals surface area contributed by atoms with Crippen LogP contribution in [-0.2, 0) is 0 Å². The van der Waals surface area contributed by atoms with E-state index in [1.54, 1.807) is 0 Å². The molecule has 1 fully saturated rings. The summed E-state index contributed by atoms with van der Waals surface area (Å²) in [7, 11) is 4.73. The van der Waals surface area contributed by atoms with Gasteiger partial charge in [-0.05, 0) is 16.2 Å². The van der Waals surface area contributed by atoms with Gasteiger partial charge in [0.15, 0.2) is 0 Å². The molecule has 0 aromatic heterocycles. The zero-order valence-electron chi connectivity index (χ0n) is 12.8. The van der Waals surface area contributed by atoms with Crippen LogP contribution in [0.4, 0.5) is 0 Å². The van der Waals surface area contributed by atoms with E-state index in [2.05, 4.69) is 55.6 Å². The lowest BCUT2D eigenvalue weighted by atomic mass is 9.52. The lowest BCUT2D eigenvalue weighted by Crippen LogP contribution is -2.55. The third-order valence-electron chi connectivity index (χ3n) is 5.92. The Bertz CT molecular complexity index is 245. The highest BCUT2D eigenvalue weighted by atomic mass is 15.3. The standard InChI is InChI=1S/C15H32N/c1-13(2,3)14(4,5)15(6)9-11-16(7,8)12-10-15/h9-12H2,1-8H3/q+1. The summed E-state index contributed by atoms with van der Waals surface area (Å²) >= 11 is 0. The van der Waals surface area contributed by atoms with E-state index < -0.39 is 0 Å². The third-order valence-corrected chi connectivity index (χ3v) is 5.92. The Morgan fingerprint density at radius 1 is 0.875 bits per heavy atom. The normalized spacial score (nSPS) is 25.5. The summed E-state index contributed by atoms with van der Waals surface area (Å²) in [5.41, 5.74) is 1.29. The van der Waals surface area contributed by atoms with E-state index in [1.165, 1.54) is 30.4 Å². The van der Waals surface area contributed by atoms with Gasteiger partial charge in [0, 0.05) is 12.8 Å². The summed E-state index contributed by atoms with van der Waals surface area (Å²) in [4.78, 5) is 0. The molecule has 1 saturated heterocycles. The third kappa shape index (κ3) is 2.30. The van der Waals surface area contributed by atoms with Crippen LogP contribution in [0.5, 0.6) is 0 Å². The number of likely N-dealkylation sites (tertiary alicyclic amines) is 1. The molecule has 1 aliphatic rings. The Morgan fingerprint density at radius 3 is 1.56 bits per heavy atom. The smallest absolute Gasteiger partial charge is 0.0788 e. The molecule has 0 bridgehead atoms. The van der Waals surface area contributed by atoms with Gasteiger partial charge in [-0.1, -0.05) is 41.5 Å². The number of nitrogens with zero attached hydrogens (tertiary/aromatic N) is 1. The fourth-order valence-corrected chi connectivity index (χ4v) is 2.87. The molecule has 0 radical (unpaired) electrons. The lowest BCUT2D eigenvalue weighted by Gasteiger charge is -2.56. The molecule has 96 valence electrons. The highest BCUT2D eigenvalue weighted by Crippen LogP contribution is 2.56. The van der Waals surface area contributed by atoms with E-state index in [0.29, 0.717) is 16.2 Å². The number of rotatable bonds is 1. The molecule has 1 aliphatic heterocycles. The van der Waals surface area contributed by atoms with Gasteiger partial charge in [0.05, 0.1) is 27.2 Å². The minimum absolute atomic E-state index is 0.385. The van der Waals surface area contributed by atoms with Crippen LogP contribution in [0, 0.1) is 16.2 Å². The summed E-state index contributed by atoms with van der Waals surface area (Å²) in [6.07, 6.45) is 2.73. The van der Waals surface area contributed by atoms with E-state index in [1.807, 2.05) is 0 Å². The first-order valence-electron chi connectivity index (χ1n) is 6.73. The Morgan fingerprint density at radius 2 is 1.25 bits per heavy atom. The SMILES string of the molecule is CC(C)(C)C(C)(C)C1(C)CC[N+](C)(C)CC1. The summed E-state index contributed by atoms with van der Waals surface area (Å²) in [5.74, 6) is 0. The molecule has 0 saturated carbocycles. The van der Waals surface area contributed by atoms with Gasteiger partial charge in [0.2, 0.25) is 0 Å². The Balaban J connectivity index is 2.89. The van der Waals surface area contributed by atoms with Crippen molar-refractivity contribution < 1.29 is 4.48 Å². The van der Waals surface area contributed by atoms with Crippen LogP contribution in [0.2, 0.25) is 0 Å². The van der Waals surface area contributed by atoms with Gasteiger partial charge >= 0.3 is 0 Å². The molecule has 16 heavy (non-hydrogen) atoms. The lowest BCUT2D eigenvalue weighted by molar-refractivity contribution is -0.898. The van der Waals surface area contributed by atoms with E-state index in [0.717, 1.165) is 0 Å². The van der Waals surface area contributed by atoms with E-state index in [4.69, 9.17) is 0 Å². The van der Waals surface area contributed by atoms with Crippen LogP contribution in [0.25, 0.3) is 0 Å². The van der Waals surface area contributed by atoms with Gasteiger partial charge in [0.25, 0.3) is 0 Å². The van der Waals surface area contributed by atoms with Gasteiger partial charge in [-0.3, -0.25) is 0 Å². The maximum Gasteiger partial charge on any atom is 0.0788 e. The second-order valence-electron chi connectivity index (χ2n) is 8.32. The molecule has 0 aliphatic carbocycles. The number of hydrogen-bond acceptors (Lipinski definition) is 0. The quantitative estimate of drug-likeness (QED) is 0.594. The van der Waals surface area contributed by atoms with Crippen LogP contribution in [0.15, 0.2) is 0 Å². The molecule has 0 N–H and O–H groups in total. The van der Waals surface area contributed by atoms with Crippen LogP contribution in [-0.4, -0.2) is 31.7 Å². The van der Waals surface area contributed by atoms with Gasteiger partial charge in [-0.15, -0.1) is 0 Å². The van der Waals surface area contributed by atoms with E-state index in [-0.39, 0.29) is 0 Å². The van der Waals surface area contributed by atoms with Crippen LogP contribution in [0.1, 0.15) is 54.4 Å². The van der Waals surface area contributed by atoms with Crippen LogP contribution < -0.4 is 0 Å². The van der Waals surface area contributed by atoms with Crippen molar-refractivity contribution in [3.05, 3.63) is 0 Å². The Kier molecular flexibility index (Phi) is 3.27. The van der Waals surface area contributed by atoms with Crippen molar-refractivity contribution >= 4 is 0 Å². The van der Waals surface area contributed by atoms with E-state index in [9.17, 15) is 0 Å². The van der Waals surface area contributed by atoms with Gasteiger partial charge in [-0.25, -0.2) is 0 Å². The molecule has 1 heteroatoms. The fourth-order valence-electron chi connectivity index (χ4n) is 2.87. The number of hydrogen-bond donors (Lipinski definition) is 0. The van der Waals surface area contributed by atoms with Crippen LogP contribution >= 0.6 is 0 Å². The minimum Gasteiger partial charge on any atom is -0.328 e. The monoisotopic (exact) mass is 226 g/mol. The zero-order chi connectivity index (χ0) is 12.8. The van der Waals surface area contributed by atoms with Crippen molar-refractivity contribution in [1.82, 2.24) is 0 Å². The second-order valence-corrected chi connectivity index (χ2v) is 8.32. The first-order chi connectivity index (χ1) is 6.91. The molecule has 0 aromatic carbocycles. The van der Waals surface area contributed by atoms with Crippen molar-refractivity contribution in [2.24, 2.45) is 16.2 Å². The molecular formula is C15H32N+. The van der Waals surface area contributed by atoms with Crippen molar-refractivity contribution in [2.45, 2.75) is 54.4 Å². The summed E-state index contributed by atoms with van der Waals surface area (Å²) in [5, 5.41) is 0. The van der Waals surface area contributed by atoms with Gasteiger partial charge < -0.3 is 4.48 Å². The number of quaternary nitrogens is 1. The van der Waals surface area contributed by atoms with Gasteiger partial charge in [-0.2, -0.15) is 0 Å². The Labute approximate surface area is 103 Å². The molecule has 1 heterocycles. The Hall–Kier alpha value is -0.0400. The fraction of sp³-hybridized carbons (Fsp3) is 1.00.